The van der Waals surface area contributed by atoms with E-state index in [2.05, 4.69) is 34.9 Å². The van der Waals surface area contributed by atoms with Crippen LogP contribution in [-0.4, -0.2) is 29.9 Å². The quantitative estimate of drug-likeness (QED) is 0.389. The van der Waals surface area contributed by atoms with Gasteiger partial charge in [0.05, 0.1) is 12.2 Å². The molecule has 0 aliphatic carbocycles. The molecule has 6 aromatic rings. The van der Waals surface area contributed by atoms with Crippen LogP contribution in [0.15, 0.2) is 76.4 Å². The molecule has 0 bridgehead atoms. The molecule has 0 amide bonds. The molecule has 3 aromatic heterocycles. The first-order chi connectivity index (χ1) is 17.5. The molecule has 0 spiro atoms. The lowest BCUT2D eigenvalue weighted by Crippen LogP contribution is -2.37. The van der Waals surface area contributed by atoms with Crippen molar-refractivity contribution in [2.45, 2.75) is 6.54 Å². The number of fused-ring (bicyclic) bond motifs is 5. The van der Waals surface area contributed by atoms with Crippen LogP contribution in [0.3, 0.4) is 0 Å². The van der Waals surface area contributed by atoms with E-state index in [1.165, 1.54) is 11.6 Å². The number of hydrogen-bond acceptors (Lipinski definition) is 5. The van der Waals surface area contributed by atoms with E-state index in [-0.39, 0.29) is 12.4 Å². The van der Waals surface area contributed by atoms with E-state index in [1.54, 1.807) is 11.4 Å². The molecule has 0 fully saturated rings. The highest BCUT2D eigenvalue weighted by molar-refractivity contribution is 5.87. The van der Waals surface area contributed by atoms with Gasteiger partial charge in [0.1, 0.15) is 0 Å². The fourth-order valence-electron chi connectivity index (χ4n) is 4.97. The van der Waals surface area contributed by atoms with Gasteiger partial charge < -0.3 is 14.0 Å². The summed E-state index contributed by atoms with van der Waals surface area (Å²) in [5, 5.41) is 2.26. The lowest BCUT2D eigenvalue weighted by molar-refractivity contribution is 0.174. The van der Waals surface area contributed by atoms with Crippen molar-refractivity contribution in [2.24, 2.45) is 14.1 Å². The number of benzene rings is 3. The Kier molecular flexibility index (Phi) is 4.20. The van der Waals surface area contributed by atoms with Crippen molar-refractivity contribution in [2.75, 3.05) is 6.79 Å². The number of aromatic nitrogens is 5. The van der Waals surface area contributed by atoms with Crippen molar-refractivity contribution in [3.8, 4) is 22.8 Å². The summed E-state index contributed by atoms with van der Waals surface area (Å²) in [6, 6.07) is 20.3. The Labute approximate surface area is 204 Å². The summed E-state index contributed by atoms with van der Waals surface area (Å²) in [6.07, 6.45) is 1.92. The Morgan fingerprint density at radius 1 is 0.889 bits per heavy atom. The Bertz CT molecular complexity index is 1970. The van der Waals surface area contributed by atoms with Gasteiger partial charge in [-0.3, -0.25) is 18.3 Å². The van der Waals surface area contributed by atoms with Gasteiger partial charge in [0.2, 0.25) is 12.6 Å². The first kappa shape index (κ1) is 20.6. The minimum atomic E-state index is -0.412. The van der Waals surface area contributed by atoms with Crippen molar-refractivity contribution in [1.82, 2.24) is 23.1 Å². The van der Waals surface area contributed by atoms with E-state index >= 15 is 0 Å². The monoisotopic (exact) mass is 479 g/mol. The van der Waals surface area contributed by atoms with Gasteiger partial charge in [-0.2, -0.15) is 4.98 Å². The van der Waals surface area contributed by atoms with Crippen LogP contribution in [0.1, 0.15) is 5.56 Å². The Hall–Kier alpha value is -4.79. The lowest BCUT2D eigenvalue weighted by Gasteiger charge is -2.11. The van der Waals surface area contributed by atoms with Crippen LogP contribution in [-0.2, 0) is 20.6 Å². The molecule has 178 valence electrons. The van der Waals surface area contributed by atoms with Gasteiger partial charge in [0.25, 0.3) is 5.56 Å². The number of ether oxygens (including phenoxy) is 2. The average molecular weight is 479 g/mol. The molecule has 1 aliphatic rings. The molecule has 9 nitrogen and oxygen atoms in total. The number of imidazole rings is 2. The van der Waals surface area contributed by atoms with Crippen LogP contribution < -0.4 is 20.7 Å². The second kappa shape index (κ2) is 7.35. The van der Waals surface area contributed by atoms with E-state index in [1.807, 2.05) is 36.5 Å². The largest absolute Gasteiger partial charge is 0.454 e. The van der Waals surface area contributed by atoms with Crippen LogP contribution in [0.4, 0.5) is 0 Å². The van der Waals surface area contributed by atoms with Crippen molar-refractivity contribution in [3.05, 3.63) is 93.3 Å². The molecular weight excluding hydrogens is 458 g/mol. The molecule has 7 rings (SSSR count). The summed E-state index contributed by atoms with van der Waals surface area (Å²) in [4.78, 5) is 30.5. The second-order valence-electron chi connectivity index (χ2n) is 9.01. The highest BCUT2D eigenvalue weighted by Gasteiger charge is 2.22. The molecule has 9 heteroatoms. The van der Waals surface area contributed by atoms with E-state index in [0.29, 0.717) is 29.2 Å². The molecule has 4 heterocycles. The topological polar surface area (TPSA) is 84.7 Å². The molecule has 36 heavy (non-hydrogen) atoms. The summed E-state index contributed by atoms with van der Waals surface area (Å²) in [5.74, 6) is 1.99. The number of aryl methyl sites for hydroxylation is 1. The summed E-state index contributed by atoms with van der Waals surface area (Å²) >= 11 is 0. The Morgan fingerprint density at radius 3 is 2.56 bits per heavy atom. The summed E-state index contributed by atoms with van der Waals surface area (Å²) in [6.45, 7) is 0.685. The first-order valence-electron chi connectivity index (χ1n) is 11.5. The second-order valence-corrected chi connectivity index (χ2v) is 9.01. The maximum Gasteiger partial charge on any atom is 0.332 e. The lowest BCUT2D eigenvalue weighted by atomic mass is 10.1. The van der Waals surface area contributed by atoms with E-state index < -0.39 is 5.69 Å². The van der Waals surface area contributed by atoms with Gasteiger partial charge in [0.15, 0.2) is 22.7 Å². The number of rotatable bonds is 3. The van der Waals surface area contributed by atoms with Crippen LogP contribution >= 0.6 is 0 Å². The third-order valence-corrected chi connectivity index (χ3v) is 6.88. The highest BCUT2D eigenvalue weighted by Crippen LogP contribution is 2.34. The van der Waals surface area contributed by atoms with E-state index in [4.69, 9.17) is 14.5 Å². The predicted molar refractivity (Wildman–Crippen MR) is 136 cm³/mol. The van der Waals surface area contributed by atoms with Gasteiger partial charge >= 0.3 is 5.69 Å². The average Bonchev–Trinajstić information content (AvgIpc) is 3.60. The molecule has 0 saturated heterocycles. The van der Waals surface area contributed by atoms with E-state index in [0.717, 1.165) is 37.9 Å². The maximum absolute atomic E-state index is 13.1. The molecule has 0 radical (unpaired) electrons. The molecule has 0 N–H and O–H groups in total. The zero-order chi connectivity index (χ0) is 24.6. The van der Waals surface area contributed by atoms with Crippen molar-refractivity contribution >= 4 is 27.7 Å². The SMILES string of the molecule is Cn1c(=O)c2c(nc3n(Cc4ccc5c(c4)OCO5)c(-c4ccc5ccccc5c4)cn23)n(C)c1=O. The minimum Gasteiger partial charge on any atom is -0.454 e. The van der Waals surface area contributed by atoms with Crippen LogP contribution in [0.5, 0.6) is 11.5 Å². The Balaban J connectivity index is 1.51. The third kappa shape index (κ3) is 2.86. The number of nitrogens with zero attached hydrogens (tertiary/aromatic N) is 5. The standard InChI is InChI=1S/C27H21N5O4/c1-29-24-23(25(33)30(2)27(29)34)32-14-20(19-9-8-17-5-3-4-6-18(17)12-19)31(26(32)28-24)13-16-7-10-21-22(11-16)36-15-35-21/h3-12,14H,13,15H2,1-2H3. The molecule has 0 unspecified atom stereocenters. The normalized spacial score (nSPS) is 12.8. The Morgan fingerprint density at radius 2 is 1.69 bits per heavy atom. The van der Waals surface area contributed by atoms with Crippen LogP contribution in [0.2, 0.25) is 0 Å². The fraction of sp³-hybridized carbons (Fsp3) is 0.148. The first-order valence-corrected chi connectivity index (χ1v) is 11.5. The third-order valence-electron chi connectivity index (χ3n) is 6.88. The zero-order valence-corrected chi connectivity index (χ0v) is 19.6. The van der Waals surface area contributed by atoms with Crippen molar-refractivity contribution in [3.63, 3.8) is 0 Å². The summed E-state index contributed by atoms with van der Waals surface area (Å²) < 4.78 is 17.4. The smallest absolute Gasteiger partial charge is 0.332 e. The summed E-state index contributed by atoms with van der Waals surface area (Å²) in [7, 11) is 3.11. The van der Waals surface area contributed by atoms with Crippen molar-refractivity contribution in [1.29, 1.82) is 0 Å². The van der Waals surface area contributed by atoms with Gasteiger partial charge in [-0.05, 0) is 34.5 Å². The zero-order valence-electron chi connectivity index (χ0n) is 19.6. The van der Waals surface area contributed by atoms with Crippen LogP contribution in [0, 0.1) is 0 Å². The van der Waals surface area contributed by atoms with Gasteiger partial charge in [0, 0.05) is 25.9 Å². The highest BCUT2D eigenvalue weighted by atomic mass is 16.7. The number of hydrogen-bond donors (Lipinski definition) is 0. The van der Waals surface area contributed by atoms with E-state index in [9.17, 15) is 9.59 Å². The molecule has 1 aliphatic heterocycles. The molecular formula is C27H21N5O4. The molecule has 0 saturated carbocycles. The maximum atomic E-state index is 13.1. The van der Waals surface area contributed by atoms with Gasteiger partial charge in [-0.25, -0.2) is 4.79 Å². The summed E-state index contributed by atoms with van der Waals surface area (Å²) in [5.41, 5.74) is 2.81. The van der Waals surface area contributed by atoms with Gasteiger partial charge in [-0.15, -0.1) is 0 Å². The van der Waals surface area contributed by atoms with Gasteiger partial charge in [-0.1, -0.05) is 42.5 Å². The molecule has 3 aromatic carbocycles. The van der Waals surface area contributed by atoms with Crippen molar-refractivity contribution < 1.29 is 9.47 Å². The predicted octanol–water partition coefficient (Wildman–Crippen LogP) is 3.28. The minimum absolute atomic E-state index is 0.206. The van der Waals surface area contributed by atoms with Crippen LogP contribution in [0.25, 0.3) is 39.0 Å². The fourth-order valence-corrected chi connectivity index (χ4v) is 4.97. The molecule has 0 atom stereocenters.